The minimum absolute atomic E-state index is 0.323. The van der Waals surface area contributed by atoms with E-state index < -0.39 is 15.1 Å². The number of aromatic nitrogens is 2. The van der Waals surface area contributed by atoms with Crippen LogP contribution < -0.4 is 5.32 Å². The molecule has 1 atom stereocenters. The van der Waals surface area contributed by atoms with Crippen LogP contribution >= 0.6 is 15.9 Å². The molecule has 17 heavy (non-hydrogen) atoms. The summed E-state index contributed by atoms with van der Waals surface area (Å²) in [4.78, 5) is 8.45. The van der Waals surface area contributed by atoms with E-state index in [1.54, 1.807) is 6.92 Å². The Morgan fingerprint density at radius 3 is 2.47 bits per heavy atom. The lowest BCUT2D eigenvalue weighted by molar-refractivity contribution is 0.589. The molecular weight excluding hydrogens is 306 g/mol. The maximum absolute atomic E-state index is 11.5. The summed E-state index contributed by atoms with van der Waals surface area (Å²) in [7, 11) is -3.19. The maximum Gasteiger partial charge on any atom is 0.157 e. The van der Waals surface area contributed by atoms with E-state index in [1.807, 2.05) is 13.8 Å². The molecule has 0 aromatic carbocycles. The Morgan fingerprint density at radius 1 is 1.41 bits per heavy atom. The smallest absolute Gasteiger partial charge is 0.157 e. The maximum atomic E-state index is 11.5. The quantitative estimate of drug-likeness (QED) is 0.919. The van der Waals surface area contributed by atoms with E-state index in [9.17, 15) is 8.42 Å². The third-order valence-electron chi connectivity index (χ3n) is 2.38. The minimum atomic E-state index is -3.19. The first-order valence-corrected chi connectivity index (χ1v) is 7.98. The van der Waals surface area contributed by atoms with Crippen molar-refractivity contribution in [3.8, 4) is 0 Å². The molecule has 1 heterocycles. The number of hydrogen-bond acceptors (Lipinski definition) is 5. The van der Waals surface area contributed by atoms with Gasteiger partial charge in [-0.3, -0.25) is 0 Å². The van der Waals surface area contributed by atoms with Gasteiger partial charge in [-0.15, -0.1) is 0 Å². The Kier molecular flexibility index (Phi) is 4.48. The summed E-state index contributed by atoms with van der Waals surface area (Å²) >= 11 is 3.38. The summed E-state index contributed by atoms with van der Waals surface area (Å²) in [6.45, 7) is 6.06. The van der Waals surface area contributed by atoms with Crippen molar-refractivity contribution in [1.29, 1.82) is 0 Å². The molecule has 0 radical (unpaired) electrons. The third kappa shape index (κ3) is 3.38. The third-order valence-corrected chi connectivity index (χ3v) is 4.83. The molecule has 1 rings (SSSR count). The van der Waals surface area contributed by atoms with Crippen LogP contribution in [0, 0.1) is 6.92 Å². The highest BCUT2D eigenvalue weighted by molar-refractivity contribution is 9.10. The monoisotopic (exact) mass is 321 g/mol. The molecule has 0 spiro atoms. The summed E-state index contributed by atoms with van der Waals surface area (Å²) in [5.41, 5.74) is 0.724. The van der Waals surface area contributed by atoms with Crippen LogP contribution in [0.5, 0.6) is 0 Å². The first-order chi connectivity index (χ1) is 7.77. The SMILES string of the molecule is CCNc1nc(C(C)S(C)(=O)=O)nc(C)c1Br. The van der Waals surface area contributed by atoms with Crippen molar-refractivity contribution in [2.75, 3.05) is 18.1 Å². The molecule has 5 nitrogen and oxygen atoms in total. The van der Waals surface area contributed by atoms with Crippen molar-refractivity contribution < 1.29 is 8.42 Å². The molecule has 7 heteroatoms. The molecule has 1 unspecified atom stereocenters. The van der Waals surface area contributed by atoms with E-state index in [4.69, 9.17) is 0 Å². The van der Waals surface area contributed by atoms with Crippen molar-refractivity contribution >= 4 is 31.6 Å². The zero-order valence-corrected chi connectivity index (χ0v) is 12.7. The van der Waals surface area contributed by atoms with Crippen LogP contribution in [0.4, 0.5) is 5.82 Å². The molecule has 0 fully saturated rings. The van der Waals surface area contributed by atoms with Crippen LogP contribution in [-0.2, 0) is 9.84 Å². The number of hydrogen-bond donors (Lipinski definition) is 1. The van der Waals surface area contributed by atoms with Crippen LogP contribution in [0.15, 0.2) is 4.47 Å². The average Bonchev–Trinajstić information content (AvgIpc) is 2.22. The van der Waals surface area contributed by atoms with Gasteiger partial charge in [-0.05, 0) is 36.7 Å². The molecule has 1 N–H and O–H groups in total. The van der Waals surface area contributed by atoms with Gasteiger partial charge in [0.25, 0.3) is 0 Å². The van der Waals surface area contributed by atoms with Crippen molar-refractivity contribution in [2.24, 2.45) is 0 Å². The van der Waals surface area contributed by atoms with Gasteiger partial charge in [0.15, 0.2) is 9.84 Å². The molecule has 96 valence electrons. The molecule has 0 bridgehead atoms. The summed E-state index contributed by atoms with van der Waals surface area (Å²) < 4.78 is 23.7. The van der Waals surface area contributed by atoms with E-state index in [0.29, 0.717) is 18.2 Å². The Hall–Kier alpha value is -0.690. The first kappa shape index (κ1) is 14.4. The fraction of sp³-hybridized carbons (Fsp3) is 0.600. The first-order valence-electron chi connectivity index (χ1n) is 5.24. The van der Waals surface area contributed by atoms with Gasteiger partial charge in [-0.1, -0.05) is 0 Å². The zero-order valence-electron chi connectivity index (χ0n) is 10.3. The second-order valence-corrected chi connectivity index (χ2v) is 6.99. The number of rotatable bonds is 4. The molecule has 1 aromatic rings. The van der Waals surface area contributed by atoms with Gasteiger partial charge in [0.1, 0.15) is 16.9 Å². The highest BCUT2D eigenvalue weighted by Crippen LogP contribution is 2.26. The number of anilines is 1. The molecular formula is C10H16BrN3O2S. The van der Waals surface area contributed by atoms with Gasteiger partial charge in [0.2, 0.25) is 0 Å². The zero-order chi connectivity index (χ0) is 13.2. The molecule has 0 amide bonds. The molecule has 1 aromatic heterocycles. The van der Waals surface area contributed by atoms with E-state index >= 15 is 0 Å². The Morgan fingerprint density at radius 2 is 2.00 bits per heavy atom. The standard InChI is InChI=1S/C10H16BrN3O2S/c1-5-12-10-8(11)6(2)13-9(14-10)7(3)17(4,15)16/h7H,5H2,1-4H3,(H,12,13,14). The number of nitrogens with one attached hydrogen (secondary N) is 1. The largest absolute Gasteiger partial charge is 0.369 e. The van der Waals surface area contributed by atoms with Gasteiger partial charge in [-0.2, -0.15) is 0 Å². The summed E-state index contributed by atoms with van der Waals surface area (Å²) in [6, 6.07) is 0. The molecule has 0 aliphatic carbocycles. The number of sulfone groups is 1. The second kappa shape index (κ2) is 5.30. The molecule has 0 saturated heterocycles. The fourth-order valence-electron chi connectivity index (χ4n) is 1.24. The van der Waals surface area contributed by atoms with Crippen LogP contribution in [0.2, 0.25) is 0 Å². The summed E-state index contributed by atoms with van der Waals surface area (Å²) in [5.74, 6) is 0.953. The van der Waals surface area contributed by atoms with Crippen molar-refractivity contribution in [3.05, 3.63) is 16.0 Å². The lowest BCUT2D eigenvalue weighted by Crippen LogP contribution is -2.14. The van der Waals surface area contributed by atoms with E-state index in [0.717, 1.165) is 10.2 Å². The minimum Gasteiger partial charge on any atom is -0.369 e. The fourth-order valence-corrected chi connectivity index (χ4v) is 2.04. The highest BCUT2D eigenvalue weighted by atomic mass is 79.9. The lowest BCUT2D eigenvalue weighted by Gasteiger charge is -2.13. The van der Waals surface area contributed by atoms with E-state index in [1.165, 1.54) is 6.26 Å². The van der Waals surface area contributed by atoms with Gasteiger partial charge in [0.05, 0.1) is 10.2 Å². The second-order valence-electron chi connectivity index (χ2n) is 3.83. The van der Waals surface area contributed by atoms with E-state index in [2.05, 4.69) is 31.2 Å². The predicted octanol–water partition coefficient (Wildman–Crippen LogP) is 2.08. The lowest BCUT2D eigenvalue weighted by atomic mass is 10.3. The van der Waals surface area contributed by atoms with Crippen LogP contribution in [0.1, 0.15) is 30.6 Å². The number of halogens is 1. The number of nitrogens with zero attached hydrogens (tertiary/aromatic N) is 2. The van der Waals surface area contributed by atoms with Crippen LogP contribution in [-0.4, -0.2) is 31.2 Å². The van der Waals surface area contributed by atoms with Crippen molar-refractivity contribution in [1.82, 2.24) is 9.97 Å². The van der Waals surface area contributed by atoms with Gasteiger partial charge < -0.3 is 5.32 Å². The van der Waals surface area contributed by atoms with Crippen LogP contribution in [0.25, 0.3) is 0 Å². The Balaban J connectivity index is 3.28. The van der Waals surface area contributed by atoms with Gasteiger partial charge in [-0.25, -0.2) is 18.4 Å². The number of aryl methyl sites for hydroxylation is 1. The Labute approximate surface area is 110 Å². The Bertz CT molecular complexity index is 517. The molecule has 0 saturated carbocycles. The topological polar surface area (TPSA) is 72.0 Å². The van der Waals surface area contributed by atoms with E-state index in [-0.39, 0.29) is 0 Å². The average molecular weight is 322 g/mol. The summed E-state index contributed by atoms with van der Waals surface area (Å²) in [6.07, 6.45) is 1.19. The van der Waals surface area contributed by atoms with Crippen molar-refractivity contribution in [3.63, 3.8) is 0 Å². The van der Waals surface area contributed by atoms with Crippen LogP contribution in [0.3, 0.4) is 0 Å². The molecule has 0 aliphatic heterocycles. The normalized spacial score (nSPS) is 13.5. The predicted molar refractivity (Wildman–Crippen MR) is 71.9 cm³/mol. The van der Waals surface area contributed by atoms with Gasteiger partial charge >= 0.3 is 0 Å². The van der Waals surface area contributed by atoms with Gasteiger partial charge in [0, 0.05) is 12.8 Å². The summed E-state index contributed by atoms with van der Waals surface area (Å²) in [5, 5.41) is 2.37. The molecule has 0 aliphatic rings. The highest BCUT2D eigenvalue weighted by Gasteiger charge is 2.22. The van der Waals surface area contributed by atoms with Crippen molar-refractivity contribution in [2.45, 2.75) is 26.0 Å².